The van der Waals surface area contributed by atoms with Crippen molar-refractivity contribution in [3.63, 3.8) is 0 Å². The van der Waals surface area contributed by atoms with Gasteiger partial charge in [-0.25, -0.2) is 0 Å². The Kier molecular flexibility index (Phi) is 4.75. The van der Waals surface area contributed by atoms with Gasteiger partial charge in [0.05, 0.1) is 4.92 Å². The first-order chi connectivity index (χ1) is 8.12. The molecule has 5 nitrogen and oxygen atoms in total. The van der Waals surface area contributed by atoms with E-state index in [4.69, 9.17) is 0 Å². The van der Waals surface area contributed by atoms with E-state index in [2.05, 4.69) is 17.1 Å². The van der Waals surface area contributed by atoms with Gasteiger partial charge in [0.25, 0.3) is 5.69 Å². The van der Waals surface area contributed by atoms with Crippen molar-refractivity contribution in [3.8, 4) is 0 Å². The standard InChI is InChI=1S/C12H19N3O2/c1-4-6-14(5-2)11-7-10(13-3)8-12(9-11)15(16)17/h7-9,13H,4-6H2,1-3H3. The summed E-state index contributed by atoms with van der Waals surface area (Å²) in [7, 11) is 1.76. The Morgan fingerprint density at radius 2 is 2.06 bits per heavy atom. The van der Waals surface area contributed by atoms with Gasteiger partial charge in [0.15, 0.2) is 0 Å². The quantitative estimate of drug-likeness (QED) is 0.610. The first kappa shape index (κ1) is 13.3. The van der Waals surface area contributed by atoms with Crippen LogP contribution in [0, 0.1) is 10.1 Å². The first-order valence-electron chi connectivity index (χ1n) is 5.84. The molecule has 5 heteroatoms. The summed E-state index contributed by atoms with van der Waals surface area (Å²) in [5.41, 5.74) is 1.79. The average Bonchev–Trinajstić information content (AvgIpc) is 2.35. The van der Waals surface area contributed by atoms with Crippen LogP contribution in [0.4, 0.5) is 17.1 Å². The summed E-state index contributed by atoms with van der Waals surface area (Å²) < 4.78 is 0. The highest BCUT2D eigenvalue weighted by atomic mass is 16.6. The molecule has 0 aliphatic heterocycles. The summed E-state index contributed by atoms with van der Waals surface area (Å²) in [5, 5.41) is 13.8. The Balaban J connectivity index is 3.12. The van der Waals surface area contributed by atoms with Crippen molar-refractivity contribution in [1.82, 2.24) is 0 Å². The Labute approximate surface area is 102 Å². The minimum atomic E-state index is -0.357. The molecular formula is C12H19N3O2. The number of benzene rings is 1. The molecule has 0 spiro atoms. The van der Waals surface area contributed by atoms with Gasteiger partial charge < -0.3 is 10.2 Å². The van der Waals surface area contributed by atoms with Crippen molar-refractivity contribution >= 4 is 17.1 Å². The number of nitrogens with zero attached hydrogens (tertiary/aromatic N) is 2. The fourth-order valence-corrected chi connectivity index (χ4v) is 1.77. The maximum absolute atomic E-state index is 10.8. The fraction of sp³-hybridized carbons (Fsp3) is 0.500. The lowest BCUT2D eigenvalue weighted by Crippen LogP contribution is -2.23. The van der Waals surface area contributed by atoms with Crippen molar-refractivity contribution in [2.45, 2.75) is 20.3 Å². The maximum Gasteiger partial charge on any atom is 0.273 e. The van der Waals surface area contributed by atoms with Gasteiger partial charge >= 0.3 is 0 Å². The summed E-state index contributed by atoms with van der Waals surface area (Å²) in [5.74, 6) is 0. The van der Waals surface area contributed by atoms with Crippen molar-refractivity contribution in [2.24, 2.45) is 0 Å². The first-order valence-corrected chi connectivity index (χ1v) is 5.84. The Morgan fingerprint density at radius 3 is 2.53 bits per heavy atom. The molecule has 0 heterocycles. The van der Waals surface area contributed by atoms with Crippen LogP contribution in [-0.2, 0) is 0 Å². The topological polar surface area (TPSA) is 58.4 Å². The Morgan fingerprint density at radius 1 is 1.35 bits per heavy atom. The smallest absolute Gasteiger partial charge is 0.273 e. The van der Waals surface area contributed by atoms with Crippen LogP contribution in [0.3, 0.4) is 0 Å². The molecule has 0 saturated carbocycles. The van der Waals surface area contributed by atoms with E-state index in [0.717, 1.165) is 30.9 Å². The lowest BCUT2D eigenvalue weighted by molar-refractivity contribution is -0.384. The number of anilines is 2. The third-order valence-electron chi connectivity index (χ3n) is 2.64. The van der Waals surface area contributed by atoms with E-state index in [1.807, 2.05) is 13.0 Å². The van der Waals surface area contributed by atoms with Crippen molar-refractivity contribution in [3.05, 3.63) is 28.3 Å². The summed E-state index contributed by atoms with van der Waals surface area (Å²) in [6, 6.07) is 5.11. The number of nitro benzene ring substituents is 1. The van der Waals surface area contributed by atoms with Gasteiger partial charge in [0.1, 0.15) is 0 Å². The highest BCUT2D eigenvalue weighted by molar-refractivity contribution is 5.64. The van der Waals surface area contributed by atoms with Gasteiger partial charge in [-0.15, -0.1) is 0 Å². The monoisotopic (exact) mass is 237 g/mol. The third-order valence-corrected chi connectivity index (χ3v) is 2.64. The lowest BCUT2D eigenvalue weighted by Gasteiger charge is -2.22. The normalized spacial score (nSPS) is 10.1. The minimum absolute atomic E-state index is 0.126. The number of rotatable bonds is 6. The zero-order chi connectivity index (χ0) is 12.8. The van der Waals surface area contributed by atoms with E-state index in [1.54, 1.807) is 19.2 Å². The van der Waals surface area contributed by atoms with Crippen molar-refractivity contribution in [1.29, 1.82) is 0 Å². The Hall–Kier alpha value is -1.78. The van der Waals surface area contributed by atoms with Crippen molar-refractivity contribution < 1.29 is 4.92 Å². The van der Waals surface area contributed by atoms with Crippen LogP contribution in [0.25, 0.3) is 0 Å². The van der Waals surface area contributed by atoms with Gasteiger partial charge in [-0.2, -0.15) is 0 Å². The van der Waals surface area contributed by atoms with E-state index in [-0.39, 0.29) is 10.6 Å². The van der Waals surface area contributed by atoms with Gasteiger partial charge in [-0.1, -0.05) is 6.92 Å². The molecule has 0 saturated heterocycles. The minimum Gasteiger partial charge on any atom is -0.388 e. The summed E-state index contributed by atoms with van der Waals surface area (Å²) >= 11 is 0. The van der Waals surface area contributed by atoms with Crippen LogP contribution in [0.2, 0.25) is 0 Å². The molecule has 0 aromatic heterocycles. The largest absolute Gasteiger partial charge is 0.388 e. The molecule has 17 heavy (non-hydrogen) atoms. The van der Waals surface area contributed by atoms with E-state index in [9.17, 15) is 10.1 Å². The van der Waals surface area contributed by atoms with Crippen LogP contribution < -0.4 is 10.2 Å². The summed E-state index contributed by atoms with van der Waals surface area (Å²) in [6.07, 6.45) is 1.02. The van der Waals surface area contributed by atoms with Gasteiger partial charge in [0, 0.05) is 43.6 Å². The second kappa shape index (κ2) is 6.08. The molecule has 0 aliphatic rings. The molecule has 1 aromatic carbocycles. The van der Waals surface area contributed by atoms with Gasteiger partial charge in [0.2, 0.25) is 0 Å². The average molecular weight is 237 g/mol. The molecule has 0 radical (unpaired) electrons. The number of hydrogen-bond acceptors (Lipinski definition) is 4. The molecular weight excluding hydrogens is 218 g/mol. The molecule has 0 bridgehead atoms. The van der Waals surface area contributed by atoms with Crippen LogP contribution in [0.1, 0.15) is 20.3 Å². The zero-order valence-electron chi connectivity index (χ0n) is 10.6. The third kappa shape index (κ3) is 3.34. The summed E-state index contributed by atoms with van der Waals surface area (Å²) in [4.78, 5) is 12.6. The number of hydrogen-bond donors (Lipinski definition) is 1. The molecule has 0 amide bonds. The lowest BCUT2D eigenvalue weighted by atomic mass is 10.2. The van der Waals surface area contributed by atoms with Crippen LogP contribution in [0.15, 0.2) is 18.2 Å². The molecule has 0 atom stereocenters. The SMILES string of the molecule is CCCN(CC)c1cc(NC)cc([N+](=O)[O-])c1. The van der Waals surface area contributed by atoms with E-state index >= 15 is 0 Å². The van der Waals surface area contributed by atoms with E-state index < -0.39 is 0 Å². The molecule has 0 unspecified atom stereocenters. The molecule has 94 valence electrons. The fourth-order valence-electron chi connectivity index (χ4n) is 1.77. The zero-order valence-corrected chi connectivity index (χ0v) is 10.6. The predicted octanol–water partition coefficient (Wildman–Crippen LogP) is 2.87. The molecule has 0 aliphatic carbocycles. The second-order valence-corrected chi connectivity index (χ2v) is 3.82. The van der Waals surface area contributed by atoms with Gasteiger partial charge in [-0.3, -0.25) is 10.1 Å². The van der Waals surface area contributed by atoms with Crippen LogP contribution in [-0.4, -0.2) is 25.1 Å². The summed E-state index contributed by atoms with van der Waals surface area (Å²) in [6.45, 7) is 5.89. The highest BCUT2D eigenvalue weighted by Gasteiger charge is 2.12. The predicted molar refractivity (Wildman–Crippen MR) is 70.8 cm³/mol. The number of non-ortho nitro benzene ring substituents is 1. The van der Waals surface area contributed by atoms with Crippen LogP contribution in [0.5, 0.6) is 0 Å². The van der Waals surface area contributed by atoms with Crippen molar-refractivity contribution in [2.75, 3.05) is 30.4 Å². The van der Waals surface area contributed by atoms with Gasteiger partial charge in [-0.05, 0) is 19.4 Å². The second-order valence-electron chi connectivity index (χ2n) is 3.82. The van der Waals surface area contributed by atoms with E-state index in [1.165, 1.54) is 0 Å². The highest BCUT2D eigenvalue weighted by Crippen LogP contribution is 2.26. The molecule has 1 aromatic rings. The van der Waals surface area contributed by atoms with E-state index in [0.29, 0.717) is 0 Å². The number of nitro groups is 1. The molecule has 1 rings (SSSR count). The molecule has 1 N–H and O–H groups in total. The van der Waals surface area contributed by atoms with Crippen LogP contribution >= 0.6 is 0 Å². The maximum atomic E-state index is 10.8. The number of nitrogens with one attached hydrogen (secondary N) is 1. The Bertz CT molecular complexity index is 393. The molecule has 0 fully saturated rings.